The normalized spacial score (nSPS) is 14.4. The molecule has 0 saturated carbocycles. The van der Waals surface area contributed by atoms with E-state index < -0.39 is 32.5 Å². The molecule has 10 heteroatoms. The molecule has 0 heterocycles. The Morgan fingerprint density at radius 1 is 0.593 bits per heavy atom. The molecule has 0 saturated heterocycles. The van der Waals surface area contributed by atoms with Crippen molar-refractivity contribution in [3.05, 3.63) is 72.9 Å². The summed E-state index contributed by atoms with van der Waals surface area (Å²) >= 11 is 0. The number of allylic oxidation sites excluding steroid dienone is 12. The summed E-state index contributed by atoms with van der Waals surface area (Å²) in [5.74, 6) is -0.903. The average molecular weight is 779 g/mol. The highest BCUT2D eigenvalue weighted by Gasteiger charge is 2.27. The fourth-order valence-corrected chi connectivity index (χ4v) is 5.78. The van der Waals surface area contributed by atoms with Crippen LogP contribution in [0.4, 0.5) is 0 Å². The monoisotopic (exact) mass is 779 g/mol. The van der Waals surface area contributed by atoms with Gasteiger partial charge < -0.3 is 18.9 Å². The van der Waals surface area contributed by atoms with Crippen molar-refractivity contribution >= 4 is 19.8 Å². The minimum absolute atomic E-state index is 0.0155. The van der Waals surface area contributed by atoms with Crippen LogP contribution in [0.2, 0.25) is 0 Å². The zero-order chi connectivity index (χ0) is 40.0. The van der Waals surface area contributed by atoms with Gasteiger partial charge in [-0.15, -0.1) is 0 Å². The first-order valence-corrected chi connectivity index (χ1v) is 22.2. The van der Waals surface area contributed by atoms with E-state index in [4.69, 9.17) is 18.5 Å². The molecular formula is C44H77NO8P+. The minimum atomic E-state index is -4.39. The molecule has 310 valence electrons. The molecule has 0 bridgehead atoms. The number of hydrogen-bond donors (Lipinski definition) is 1. The largest absolute Gasteiger partial charge is 0.472 e. The molecule has 0 aliphatic heterocycles. The van der Waals surface area contributed by atoms with E-state index in [2.05, 4.69) is 74.6 Å². The molecule has 1 unspecified atom stereocenters. The number of carbonyl (C=O) groups is 2. The van der Waals surface area contributed by atoms with Crippen molar-refractivity contribution in [1.82, 2.24) is 0 Å². The van der Waals surface area contributed by atoms with Crippen molar-refractivity contribution < 1.29 is 42.1 Å². The highest BCUT2D eigenvalue weighted by molar-refractivity contribution is 7.47. The quantitative estimate of drug-likeness (QED) is 0.0220. The molecule has 1 N–H and O–H groups in total. The molecule has 0 radical (unpaired) electrons. The third-order valence-corrected chi connectivity index (χ3v) is 9.25. The topological polar surface area (TPSA) is 108 Å². The third kappa shape index (κ3) is 39.2. The number of esters is 2. The Kier molecular flexibility index (Phi) is 34.4. The second kappa shape index (κ2) is 36.1. The lowest BCUT2D eigenvalue weighted by atomic mass is 10.1. The van der Waals surface area contributed by atoms with Gasteiger partial charge in [0.25, 0.3) is 0 Å². The number of phosphoric acid groups is 1. The van der Waals surface area contributed by atoms with Crippen molar-refractivity contribution in [2.24, 2.45) is 0 Å². The molecule has 0 amide bonds. The molecule has 2 atom stereocenters. The maximum Gasteiger partial charge on any atom is 0.472 e. The van der Waals surface area contributed by atoms with Gasteiger partial charge in [0.15, 0.2) is 6.10 Å². The minimum Gasteiger partial charge on any atom is -0.462 e. The Morgan fingerprint density at radius 2 is 1.06 bits per heavy atom. The molecule has 0 aromatic heterocycles. The zero-order valence-corrected chi connectivity index (χ0v) is 35.6. The van der Waals surface area contributed by atoms with Gasteiger partial charge in [-0.3, -0.25) is 18.6 Å². The molecule has 0 spiro atoms. The Labute approximate surface area is 329 Å². The summed E-state index contributed by atoms with van der Waals surface area (Å²) in [7, 11) is 1.42. The fourth-order valence-electron chi connectivity index (χ4n) is 5.04. The Balaban J connectivity index is 4.54. The van der Waals surface area contributed by atoms with Crippen molar-refractivity contribution in [2.75, 3.05) is 47.5 Å². The van der Waals surface area contributed by atoms with Gasteiger partial charge in [-0.25, -0.2) is 4.57 Å². The Morgan fingerprint density at radius 3 is 1.54 bits per heavy atom. The van der Waals surface area contributed by atoms with Gasteiger partial charge in [0, 0.05) is 12.8 Å². The van der Waals surface area contributed by atoms with Crippen molar-refractivity contribution in [3.63, 3.8) is 0 Å². The lowest BCUT2D eigenvalue weighted by Gasteiger charge is -2.24. The number of ether oxygens (including phenoxy) is 2. The van der Waals surface area contributed by atoms with Gasteiger partial charge in [0.2, 0.25) is 0 Å². The summed E-state index contributed by atoms with van der Waals surface area (Å²) in [6, 6.07) is 0. The van der Waals surface area contributed by atoms with Crippen LogP contribution in [0.1, 0.15) is 142 Å². The van der Waals surface area contributed by atoms with Gasteiger partial charge in [-0.1, -0.05) is 151 Å². The predicted octanol–water partition coefficient (Wildman–Crippen LogP) is 11.5. The molecule has 0 aromatic carbocycles. The molecule has 0 aromatic rings. The summed E-state index contributed by atoms with van der Waals surface area (Å²) in [4.78, 5) is 35.2. The van der Waals surface area contributed by atoms with E-state index in [1.807, 2.05) is 33.3 Å². The lowest BCUT2D eigenvalue weighted by Crippen LogP contribution is -2.37. The number of unbranched alkanes of at least 4 members (excludes halogenated alkanes) is 10. The fraction of sp³-hybridized carbons (Fsp3) is 0.682. The number of quaternary nitrogens is 1. The smallest absolute Gasteiger partial charge is 0.462 e. The zero-order valence-electron chi connectivity index (χ0n) is 34.7. The van der Waals surface area contributed by atoms with E-state index in [0.717, 1.165) is 57.8 Å². The number of carbonyl (C=O) groups excluding carboxylic acids is 2. The molecule has 0 rings (SSSR count). The van der Waals surface area contributed by atoms with Crippen LogP contribution in [-0.2, 0) is 32.7 Å². The van der Waals surface area contributed by atoms with Crippen molar-refractivity contribution in [3.8, 4) is 0 Å². The molecular weight excluding hydrogens is 701 g/mol. The van der Waals surface area contributed by atoms with Crippen LogP contribution in [-0.4, -0.2) is 74.9 Å². The summed E-state index contributed by atoms with van der Waals surface area (Å²) < 4.78 is 34.1. The maximum atomic E-state index is 12.6. The SMILES string of the molecule is CC/C=C/C/C=C/C/C=C/C/C=C/C/C=C/C/C=C/CCC(=O)O[C@H](COC(=O)CCCCCCCCCCCCC)COP(=O)(O)OCC[N+](C)(C)C. The molecule has 54 heavy (non-hydrogen) atoms. The molecule has 0 fully saturated rings. The van der Waals surface area contributed by atoms with E-state index in [1.165, 1.54) is 51.4 Å². The van der Waals surface area contributed by atoms with Crippen LogP contribution >= 0.6 is 7.82 Å². The summed E-state index contributed by atoms with van der Waals surface area (Å²) in [5, 5.41) is 0. The maximum absolute atomic E-state index is 12.6. The number of hydrogen-bond acceptors (Lipinski definition) is 7. The van der Waals surface area contributed by atoms with Gasteiger partial charge in [-0.05, 0) is 51.4 Å². The number of phosphoric ester groups is 1. The standard InChI is InChI=1S/C44H76NO8P/c1-6-8-10-12-14-16-18-19-20-21-22-23-24-25-27-29-31-33-35-37-44(47)53-42(41-52-54(48,49)51-39-38-45(3,4)5)40-50-43(46)36-34-32-30-28-26-17-15-13-11-9-7-2/h8,10,14,16,19-20,22-23,25,27,31,33,42H,6-7,9,11-13,15,17-18,21,24,26,28-30,32,34-41H2,1-5H3/p+1/b10-8+,16-14+,20-19+,23-22+,27-25+,33-31+/t42-/m1/s1. The second-order valence-corrected chi connectivity index (χ2v) is 16.1. The van der Waals surface area contributed by atoms with Crippen LogP contribution in [0.15, 0.2) is 72.9 Å². The number of likely N-dealkylation sites (N-methyl/N-ethyl adjacent to an activating group) is 1. The lowest BCUT2D eigenvalue weighted by molar-refractivity contribution is -0.870. The molecule has 9 nitrogen and oxygen atoms in total. The van der Waals surface area contributed by atoms with Gasteiger partial charge in [0.1, 0.15) is 19.8 Å². The van der Waals surface area contributed by atoms with E-state index in [0.29, 0.717) is 17.4 Å². The number of rotatable bonds is 36. The van der Waals surface area contributed by atoms with Crippen LogP contribution < -0.4 is 0 Å². The third-order valence-electron chi connectivity index (χ3n) is 8.26. The summed E-state index contributed by atoms with van der Waals surface area (Å²) in [6.07, 6.45) is 44.0. The highest BCUT2D eigenvalue weighted by Crippen LogP contribution is 2.43. The summed E-state index contributed by atoms with van der Waals surface area (Å²) in [6.45, 7) is 4.19. The van der Waals surface area contributed by atoms with Gasteiger partial charge in [-0.2, -0.15) is 0 Å². The van der Waals surface area contributed by atoms with Crippen LogP contribution in [0, 0.1) is 0 Å². The van der Waals surface area contributed by atoms with Crippen LogP contribution in [0.25, 0.3) is 0 Å². The Hall–Kier alpha value is -2.55. The van der Waals surface area contributed by atoms with E-state index in [1.54, 1.807) is 0 Å². The predicted molar refractivity (Wildman–Crippen MR) is 224 cm³/mol. The number of nitrogens with zero attached hydrogens (tertiary/aromatic N) is 1. The van der Waals surface area contributed by atoms with Gasteiger partial charge in [0.05, 0.1) is 27.7 Å². The molecule has 0 aliphatic carbocycles. The average Bonchev–Trinajstić information content (AvgIpc) is 3.12. The van der Waals surface area contributed by atoms with Crippen LogP contribution in [0.5, 0.6) is 0 Å². The Bertz CT molecular complexity index is 1150. The summed E-state index contributed by atoms with van der Waals surface area (Å²) in [5.41, 5.74) is 0. The van der Waals surface area contributed by atoms with E-state index >= 15 is 0 Å². The first kappa shape index (κ1) is 51.5. The van der Waals surface area contributed by atoms with Crippen molar-refractivity contribution in [2.45, 2.75) is 148 Å². The van der Waals surface area contributed by atoms with Gasteiger partial charge >= 0.3 is 19.8 Å². The first-order chi connectivity index (χ1) is 26.0. The van der Waals surface area contributed by atoms with Crippen molar-refractivity contribution in [1.29, 1.82) is 0 Å². The van der Waals surface area contributed by atoms with E-state index in [9.17, 15) is 19.0 Å². The highest BCUT2D eigenvalue weighted by atomic mass is 31.2. The molecule has 0 aliphatic rings. The van der Waals surface area contributed by atoms with Crippen LogP contribution in [0.3, 0.4) is 0 Å². The first-order valence-electron chi connectivity index (χ1n) is 20.7. The van der Waals surface area contributed by atoms with E-state index in [-0.39, 0.29) is 26.1 Å². The second-order valence-electron chi connectivity index (χ2n) is 14.6.